The first-order valence-electron chi connectivity index (χ1n) is 6.05. The lowest BCUT2D eigenvalue weighted by Gasteiger charge is -2.27. The second-order valence-electron chi connectivity index (χ2n) is 5.83. The zero-order chi connectivity index (χ0) is 14.0. The molecule has 0 saturated heterocycles. The van der Waals surface area contributed by atoms with E-state index in [-0.39, 0.29) is 5.54 Å². The van der Waals surface area contributed by atoms with Gasteiger partial charge in [-0.2, -0.15) is 0 Å². The quantitative estimate of drug-likeness (QED) is 0.879. The van der Waals surface area contributed by atoms with Crippen LogP contribution in [0.1, 0.15) is 39.7 Å². The van der Waals surface area contributed by atoms with Crippen molar-refractivity contribution in [3.8, 4) is 0 Å². The van der Waals surface area contributed by atoms with Crippen LogP contribution in [0.5, 0.6) is 0 Å². The fraction of sp³-hybridized carbons (Fsp3) is 0.571. The van der Waals surface area contributed by atoms with Gasteiger partial charge in [-0.1, -0.05) is 29.3 Å². The Hall–Kier alpha value is -0.280. The van der Waals surface area contributed by atoms with Crippen LogP contribution in [0.2, 0.25) is 10.0 Å². The Morgan fingerprint density at radius 3 is 2.22 bits per heavy atom. The van der Waals surface area contributed by atoms with Crippen molar-refractivity contribution in [2.45, 2.75) is 45.3 Å². The van der Waals surface area contributed by atoms with Crippen molar-refractivity contribution in [2.24, 2.45) is 0 Å². The lowest BCUT2D eigenvalue weighted by Crippen LogP contribution is -2.39. The number of halogens is 2. The molecule has 1 aromatic carbocycles. The van der Waals surface area contributed by atoms with Gasteiger partial charge in [0, 0.05) is 5.54 Å². The fourth-order valence-corrected chi connectivity index (χ4v) is 1.95. The second-order valence-corrected chi connectivity index (χ2v) is 6.64. The largest absolute Gasteiger partial charge is 0.385 e. The molecule has 0 spiro atoms. The van der Waals surface area contributed by atoms with Gasteiger partial charge in [0.05, 0.1) is 15.6 Å². The predicted octanol–water partition coefficient (Wildman–Crippen LogP) is 3.98. The third kappa shape index (κ3) is 4.77. The predicted molar refractivity (Wildman–Crippen MR) is 78.4 cm³/mol. The smallest absolute Gasteiger partial charge is 0.0881 e. The topological polar surface area (TPSA) is 32.3 Å². The summed E-state index contributed by atoms with van der Waals surface area (Å²) in [5, 5.41) is 14.8. The maximum atomic E-state index is 10.5. The lowest BCUT2D eigenvalue weighted by atomic mass is 9.92. The van der Waals surface area contributed by atoms with Crippen LogP contribution in [0.25, 0.3) is 0 Å². The number of rotatable bonds is 4. The van der Waals surface area contributed by atoms with Gasteiger partial charge in [-0.05, 0) is 58.4 Å². The van der Waals surface area contributed by atoms with E-state index in [1.807, 2.05) is 6.07 Å². The van der Waals surface area contributed by atoms with E-state index in [1.54, 1.807) is 19.1 Å². The molecule has 0 amide bonds. The van der Waals surface area contributed by atoms with Gasteiger partial charge in [0.15, 0.2) is 0 Å². The highest BCUT2D eigenvalue weighted by Gasteiger charge is 2.24. The minimum atomic E-state index is -0.910. The van der Waals surface area contributed by atoms with Crippen LogP contribution >= 0.6 is 23.2 Å². The van der Waals surface area contributed by atoms with Crippen LogP contribution in [-0.2, 0) is 5.60 Å². The summed E-state index contributed by atoms with van der Waals surface area (Å²) in [6.45, 7) is 8.82. The van der Waals surface area contributed by atoms with Gasteiger partial charge in [-0.15, -0.1) is 0 Å². The Kier molecular flexibility index (Phi) is 5.07. The van der Waals surface area contributed by atoms with Crippen LogP contribution in [0.15, 0.2) is 18.2 Å². The summed E-state index contributed by atoms with van der Waals surface area (Å²) in [7, 11) is 0. The van der Waals surface area contributed by atoms with Gasteiger partial charge in [0.2, 0.25) is 0 Å². The molecule has 0 aliphatic carbocycles. The Balaban J connectivity index is 2.70. The lowest BCUT2D eigenvalue weighted by molar-refractivity contribution is 0.0464. The molecule has 1 unspecified atom stereocenters. The first-order valence-corrected chi connectivity index (χ1v) is 6.80. The second kappa shape index (κ2) is 5.79. The average molecular weight is 290 g/mol. The first-order chi connectivity index (χ1) is 8.12. The van der Waals surface area contributed by atoms with Crippen LogP contribution in [0.4, 0.5) is 0 Å². The van der Waals surface area contributed by atoms with E-state index in [9.17, 15) is 5.11 Å². The highest BCUT2D eigenvalue weighted by Crippen LogP contribution is 2.30. The zero-order valence-corrected chi connectivity index (χ0v) is 12.9. The summed E-state index contributed by atoms with van der Waals surface area (Å²) < 4.78 is 0. The number of hydrogen-bond donors (Lipinski definition) is 2. The van der Waals surface area contributed by atoms with Crippen molar-refractivity contribution in [3.63, 3.8) is 0 Å². The number of nitrogens with one attached hydrogen (secondary N) is 1. The highest BCUT2D eigenvalue weighted by molar-refractivity contribution is 6.42. The summed E-state index contributed by atoms with van der Waals surface area (Å²) in [4.78, 5) is 0. The van der Waals surface area contributed by atoms with Gasteiger partial charge in [-0.25, -0.2) is 0 Å². The van der Waals surface area contributed by atoms with Crippen LogP contribution < -0.4 is 5.32 Å². The normalized spacial score (nSPS) is 15.5. The maximum absolute atomic E-state index is 10.5. The standard InChI is InChI=1S/C14H21Cl2NO/c1-13(2,3)17-8-7-14(4,18)10-5-6-11(15)12(16)9-10/h5-6,9,17-18H,7-8H2,1-4H3. The van der Waals surface area contributed by atoms with E-state index < -0.39 is 5.60 Å². The number of hydrogen-bond acceptors (Lipinski definition) is 2. The molecule has 0 bridgehead atoms. The summed E-state index contributed by atoms with van der Waals surface area (Å²) in [5.74, 6) is 0. The van der Waals surface area contributed by atoms with Gasteiger partial charge in [0.1, 0.15) is 0 Å². The van der Waals surface area contributed by atoms with Crippen molar-refractivity contribution < 1.29 is 5.11 Å². The molecule has 18 heavy (non-hydrogen) atoms. The molecule has 2 nitrogen and oxygen atoms in total. The number of aliphatic hydroxyl groups is 1. The molecular weight excluding hydrogens is 269 g/mol. The summed E-state index contributed by atoms with van der Waals surface area (Å²) in [5.41, 5.74) is -0.0761. The van der Waals surface area contributed by atoms with Gasteiger partial charge < -0.3 is 10.4 Å². The van der Waals surface area contributed by atoms with Crippen molar-refractivity contribution in [2.75, 3.05) is 6.54 Å². The maximum Gasteiger partial charge on any atom is 0.0881 e. The van der Waals surface area contributed by atoms with Crippen LogP contribution in [0, 0.1) is 0 Å². The van der Waals surface area contributed by atoms with E-state index in [0.29, 0.717) is 16.5 Å². The molecule has 0 fully saturated rings. The van der Waals surface area contributed by atoms with Crippen molar-refractivity contribution in [1.29, 1.82) is 0 Å². The molecule has 0 heterocycles. The van der Waals surface area contributed by atoms with E-state index in [1.165, 1.54) is 0 Å². The highest BCUT2D eigenvalue weighted by atomic mass is 35.5. The van der Waals surface area contributed by atoms with E-state index in [4.69, 9.17) is 23.2 Å². The summed E-state index contributed by atoms with van der Waals surface area (Å²) in [6, 6.07) is 5.25. The zero-order valence-electron chi connectivity index (χ0n) is 11.3. The molecule has 1 aromatic rings. The van der Waals surface area contributed by atoms with Gasteiger partial charge in [-0.3, -0.25) is 0 Å². The molecule has 0 aliphatic heterocycles. The van der Waals surface area contributed by atoms with Crippen LogP contribution in [-0.4, -0.2) is 17.2 Å². The molecule has 102 valence electrons. The molecule has 0 aromatic heterocycles. The summed E-state index contributed by atoms with van der Waals surface area (Å²) >= 11 is 11.8. The number of benzene rings is 1. The molecule has 1 rings (SSSR count). The Morgan fingerprint density at radius 2 is 1.72 bits per heavy atom. The molecular formula is C14H21Cl2NO. The van der Waals surface area contributed by atoms with Crippen LogP contribution in [0.3, 0.4) is 0 Å². The SMILES string of the molecule is CC(C)(C)NCCC(C)(O)c1ccc(Cl)c(Cl)c1. The van der Waals surface area contributed by atoms with Crippen molar-refractivity contribution in [3.05, 3.63) is 33.8 Å². The Morgan fingerprint density at radius 1 is 1.11 bits per heavy atom. The van der Waals surface area contributed by atoms with Crippen molar-refractivity contribution in [1.82, 2.24) is 5.32 Å². The molecule has 0 saturated carbocycles. The molecule has 4 heteroatoms. The van der Waals surface area contributed by atoms with Gasteiger partial charge in [0.25, 0.3) is 0 Å². The molecule has 2 N–H and O–H groups in total. The molecule has 1 atom stereocenters. The van der Waals surface area contributed by atoms with Gasteiger partial charge >= 0.3 is 0 Å². The third-order valence-corrected chi connectivity index (χ3v) is 3.55. The molecule has 0 aliphatic rings. The first kappa shape index (κ1) is 15.8. The summed E-state index contributed by atoms with van der Waals surface area (Å²) in [6.07, 6.45) is 0.613. The van der Waals surface area contributed by atoms with E-state index in [2.05, 4.69) is 26.1 Å². The van der Waals surface area contributed by atoms with Crippen molar-refractivity contribution >= 4 is 23.2 Å². The average Bonchev–Trinajstić information content (AvgIpc) is 2.19. The Bertz CT molecular complexity index is 411. The van der Waals surface area contributed by atoms with E-state index >= 15 is 0 Å². The third-order valence-electron chi connectivity index (χ3n) is 2.81. The minimum absolute atomic E-state index is 0.0493. The van der Waals surface area contributed by atoms with E-state index in [0.717, 1.165) is 12.1 Å². The Labute approximate surface area is 119 Å². The minimum Gasteiger partial charge on any atom is -0.385 e. The fourth-order valence-electron chi connectivity index (χ4n) is 1.66. The molecule has 0 radical (unpaired) electrons. The monoisotopic (exact) mass is 289 g/mol.